The van der Waals surface area contributed by atoms with Crippen molar-refractivity contribution in [2.45, 2.75) is 20.8 Å². The lowest BCUT2D eigenvalue weighted by Gasteiger charge is -2.07. The molecule has 2 aromatic rings. The fourth-order valence-electron chi connectivity index (χ4n) is 1.75. The van der Waals surface area contributed by atoms with Gasteiger partial charge in [0.15, 0.2) is 0 Å². The molecule has 0 nitrogen and oxygen atoms in total. The Bertz CT molecular complexity index is 548. The Labute approximate surface area is 94.4 Å². The van der Waals surface area contributed by atoms with Crippen LogP contribution in [0.4, 0.5) is 0 Å². The van der Waals surface area contributed by atoms with Gasteiger partial charge in [-0.2, -0.15) is 0 Å². The minimum Gasteiger partial charge on any atom is -0.0587 e. The van der Waals surface area contributed by atoms with E-state index in [4.69, 9.17) is 2.74 Å². The summed E-state index contributed by atoms with van der Waals surface area (Å²) in [7, 11) is 0. The molecule has 0 bridgehead atoms. The molecule has 0 amide bonds. The van der Waals surface area contributed by atoms with E-state index in [0.717, 1.165) is 16.7 Å². The second kappa shape index (κ2) is 3.90. The highest BCUT2D eigenvalue weighted by atomic mass is 14.1. The summed E-state index contributed by atoms with van der Waals surface area (Å²) in [5, 5.41) is 0. The highest BCUT2D eigenvalue weighted by Gasteiger charge is 2.00. The van der Waals surface area contributed by atoms with E-state index >= 15 is 0 Å². The van der Waals surface area contributed by atoms with E-state index in [1.807, 2.05) is 19.1 Å². The van der Waals surface area contributed by atoms with Gasteiger partial charge in [-0.1, -0.05) is 53.5 Å². The van der Waals surface area contributed by atoms with Gasteiger partial charge in [0.2, 0.25) is 0 Å². The number of aryl methyl sites for hydroxylation is 2. The van der Waals surface area contributed by atoms with Gasteiger partial charge in [0.1, 0.15) is 0 Å². The zero-order chi connectivity index (χ0) is 12.6. The van der Waals surface area contributed by atoms with E-state index in [9.17, 15) is 0 Å². The fourth-order valence-corrected chi connectivity index (χ4v) is 1.75. The van der Waals surface area contributed by atoms with Gasteiger partial charge in [-0.3, -0.25) is 0 Å². The van der Waals surface area contributed by atoms with Gasteiger partial charge in [0.05, 0.1) is 2.74 Å². The fraction of sp³-hybridized carbons (Fsp3) is 0.200. The Morgan fingerprint density at radius 1 is 0.867 bits per heavy atom. The molecule has 0 heterocycles. The van der Waals surface area contributed by atoms with Crippen LogP contribution in [0.3, 0.4) is 0 Å². The lowest BCUT2D eigenvalue weighted by molar-refractivity contribution is 1.38. The zero-order valence-corrected chi connectivity index (χ0v) is 9.39. The molecule has 0 N–H and O–H groups in total. The van der Waals surface area contributed by atoms with E-state index in [0.29, 0.717) is 12.1 Å². The number of hydrogen-bond donors (Lipinski definition) is 0. The molecule has 0 aliphatic rings. The summed E-state index contributed by atoms with van der Waals surface area (Å²) in [6.07, 6.45) is 0. The predicted molar refractivity (Wildman–Crippen MR) is 66.1 cm³/mol. The molecule has 0 heteroatoms. The van der Waals surface area contributed by atoms with Crippen molar-refractivity contribution in [2.75, 3.05) is 0 Å². The maximum Gasteiger partial charge on any atom is 0.0626 e. The zero-order valence-electron chi connectivity index (χ0n) is 11.4. The second-order valence-corrected chi connectivity index (χ2v) is 3.98. The molecule has 0 aliphatic carbocycles. The average molecular weight is 198 g/mol. The lowest BCUT2D eigenvalue weighted by Crippen LogP contribution is -1.84. The first-order chi connectivity index (χ1) is 7.99. The Hall–Kier alpha value is -1.56. The lowest BCUT2D eigenvalue weighted by atomic mass is 9.98. The van der Waals surface area contributed by atoms with E-state index in [1.165, 1.54) is 11.1 Å². The number of hydrogen-bond acceptors (Lipinski definition) is 0. The van der Waals surface area contributed by atoms with Crippen LogP contribution in [0.25, 0.3) is 11.1 Å². The molecule has 0 aromatic heterocycles. The Balaban J connectivity index is 2.61. The second-order valence-electron chi connectivity index (χ2n) is 3.98. The van der Waals surface area contributed by atoms with Crippen LogP contribution >= 0.6 is 0 Å². The number of benzene rings is 2. The van der Waals surface area contributed by atoms with Crippen LogP contribution in [0, 0.1) is 20.8 Å². The maximum atomic E-state index is 7.84. The van der Waals surface area contributed by atoms with Crippen LogP contribution < -0.4 is 0 Å². The summed E-state index contributed by atoms with van der Waals surface area (Å²) >= 11 is 0. The molecule has 0 unspecified atom stereocenters. The normalized spacial score (nSPS) is 12.2. The van der Waals surface area contributed by atoms with E-state index in [-0.39, 0.29) is 0 Å². The van der Waals surface area contributed by atoms with Crippen molar-refractivity contribution >= 4 is 0 Å². The van der Waals surface area contributed by atoms with Crippen molar-refractivity contribution < 1.29 is 2.74 Å². The Morgan fingerprint density at radius 2 is 1.53 bits per heavy atom. The minimum atomic E-state index is 0.437. The molecule has 0 radical (unpaired) electrons. The van der Waals surface area contributed by atoms with Crippen molar-refractivity contribution in [2.24, 2.45) is 0 Å². The monoisotopic (exact) mass is 198 g/mol. The van der Waals surface area contributed by atoms with Gasteiger partial charge in [0.25, 0.3) is 0 Å². The van der Waals surface area contributed by atoms with Crippen molar-refractivity contribution in [1.29, 1.82) is 0 Å². The van der Waals surface area contributed by atoms with Crippen LogP contribution in [0.1, 0.15) is 19.4 Å². The van der Waals surface area contributed by atoms with Crippen molar-refractivity contribution in [1.82, 2.24) is 0 Å². The molecule has 76 valence electrons. The summed E-state index contributed by atoms with van der Waals surface area (Å²) < 4.78 is 15.7. The highest BCUT2D eigenvalue weighted by molar-refractivity contribution is 5.67. The molecule has 0 saturated heterocycles. The largest absolute Gasteiger partial charge is 0.0626 e. The van der Waals surface area contributed by atoms with Gasteiger partial charge in [-0.25, -0.2) is 0 Å². The Morgan fingerprint density at radius 3 is 2.13 bits per heavy atom. The van der Waals surface area contributed by atoms with Crippen LogP contribution in [-0.4, -0.2) is 0 Å². The molecule has 0 aliphatic heterocycles. The third-order valence-electron chi connectivity index (χ3n) is 2.58. The molecule has 0 saturated carbocycles. The quantitative estimate of drug-likeness (QED) is 0.641. The van der Waals surface area contributed by atoms with Gasteiger partial charge in [-0.15, -0.1) is 0 Å². The van der Waals surface area contributed by atoms with Gasteiger partial charge in [-0.05, 0) is 37.5 Å². The summed E-state index contributed by atoms with van der Waals surface area (Å²) in [5.74, 6) is 0. The topological polar surface area (TPSA) is 0 Å². The molecular weight excluding hydrogens is 180 g/mol. The number of rotatable bonds is 1. The SMILES string of the molecule is [2H]c1cc(-c2ccc(C)cc2C)cc([2H])c1C. The third-order valence-corrected chi connectivity index (χ3v) is 2.58. The maximum absolute atomic E-state index is 7.84. The first-order valence-corrected chi connectivity index (χ1v) is 5.14. The molecule has 15 heavy (non-hydrogen) atoms. The Kier molecular flexibility index (Phi) is 2.00. The first-order valence-electron chi connectivity index (χ1n) is 6.14. The van der Waals surface area contributed by atoms with Gasteiger partial charge >= 0.3 is 0 Å². The summed E-state index contributed by atoms with van der Waals surface area (Å²) in [4.78, 5) is 0. The smallest absolute Gasteiger partial charge is 0.0587 e. The summed E-state index contributed by atoms with van der Waals surface area (Å²) in [5.41, 5.74) is 5.22. The van der Waals surface area contributed by atoms with E-state index in [1.54, 1.807) is 0 Å². The van der Waals surface area contributed by atoms with Crippen LogP contribution in [-0.2, 0) is 0 Å². The molecular formula is C15H16. The molecule has 2 rings (SSSR count). The van der Waals surface area contributed by atoms with Crippen LogP contribution in [0.15, 0.2) is 42.4 Å². The van der Waals surface area contributed by atoms with Crippen molar-refractivity contribution in [3.8, 4) is 11.1 Å². The van der Waals surface area contributed by atoms with Crippen molar-refractivity contribution in [3.05, 3.63) is 59.1 Å². The first kappa shape index (κ1) is 7.70. The van der Waals surface area contributed by atoms with Crippen LogP contribution in [0.5, 0.6) is 0 Å². The summed E-state index contributed by atoms with van der Waals surface area (Å²) in [6.45, 7) is 5.95. The summed E-state index contributed by atoms with van der Waals surface area (Å²) in [6, 6.07) is 10.8. The minimum absolute atomic E-state index is 0.437. The van der Waals surface area contributed by atoms with E-state index < -0.39 is 0 Å². The molecule has 2 aromatic carbocycles. The molecule has 0 atom stereocenters. The van der Waals surface area contributed by atoms with E-state index in [2.05, 4.69) is 32.0 Å². The van der Waals surface area contributed by atoms with Crippen LogP contribution in [0.2, 0.25) is 0 Å². The van der Waals surface area contributed by atoms with Crippen molar-refractivity contribution in [3.63, 3.8) is 0 Å². The molecule has 0 spiro atoms. The third kappa shape index (κ3) is 2.10. The molecule has 0 fully saturated rings. The van der Waals surface area contributed by atoms with Gasteiger partial charge in [0, 0.05) is 0 Å². The average Bonchev–Trinajstić information content (AvgIpc) is 2.25. The highest BCUT2D eigenvalue weighted by Crippen LogP contribution is 2.24. The standard InChI is InChI=1S/C15H16/c1-11-4-7-14(8-5-11)15-9-6-12(2)10-13(15)3/h4-10H,1-3H3/i4D,5D. The predicted octanol–water partition coefficient (Wildman–Crippen LogP) is 4.28. The van der Waals surface area contributed by atoms with Gasteiger partial charge < -0.3 is 0 Å².